The number of aromatic amines is 1. The van der Waals surface area contributed by atoms with E-state index in [0.29, 0.717) is 18.7 Å². The van der Waals surface area contributed by atoms with E-state index in [-0.39, 0.29) is 29.7 Å². The zero-order valence-corrected chi connectivity index (χ0v) is 15.6. The topological polar surface area (TPSA) is 100 Å². The Bertz CT molecular complexity index is 1130. The average molecular weight is 388 g/mol. The maximum absolute atomic E-state index is 12.4. The van der Waals surface area contributed by atoms with Crippen LogP contribution in [0, 0.1) is 0 Å². The molecule has 29 heavy (non-hydrogen) atoms. The molecule has 7 nitrogen and oxygen atoms in total. The number of fused-ring (bicyclic) bond motifs is 1. The molecule has 3 heterocycles. The number of aromatic nitrogens is 2. The molecule has 7 heteroatoms. The first kappa shape index (κ1) is 18.5. The molecule has 2 amide bonds. The smallest absolute Gasteiger partial charge is 0.270 e. The van der Waals surface area contributed by atoms with E-state index in [4.69, 9.17) is 4.42 Å². The van der Waals surface area contributed by atoms with E-state index >= 15 is 0 Å². The molecule has 4 rings (SSSR count). The van der Waals surface area contributed by atoms with Crippen LogP contribution in [0.15, 0.2) is 71.5 Å². The van der Waals surface area contributed by atoms with Crippen LogP contribution in [0.4, 0.5) is 0 Å². The number of furan rings is 1. The number of pyridine rings is 1. The minimum absolute atomic E-state index is 0.181. The third-order valence-electron chi connectivity index (χ3n) is 4.57. The summed E-state index contributed by atoms with van der Waals surface area (Å²) in [6.45, 7) is 0.728. The number of nitrogens with zero attached hydrogens (tertiary/aromatic N) is 1. The second-order valence-corrected chi connectivity index (χ2v) is 6.54. The average Bonchev–Trinajstić information content (AvgIpc) is 3.42. The van der Waals surface area contributed by atoms with Crippen molar-refractivity contribution in [2.75, 3.05) is 6.54 Å². The van der Waals surface area contributed by atoms with Gasteiger partial charge in [0, 0.05) is 23.6 Å². The molecule has 1 aromatic carbocycles. The van der Waals surface area contributed by atoms with E-state index in [9.17, 15) is 9.59 Å². The lowest BCUT2D eigenvalue weighted by Crippen LogP contribution is -2.28. The summed E-state index contributed by atoms with van der Waals surface area (Å²) in [6, 6.07) is 16.4. The van der Waals surface area contributed by atoms with Crippen molar-refractivity contribution in [1.82, 2.24) is 20.6 Å². The lowest BCUT2D eigenvalue weighted by Gasteiger charge is -2.07. The molecule has 0 spiro atoms. The van der Waals surface area contributed by atoms with Crippen LogP contribution in [-0.4, -0.2) is 28.3 Å². The maximum atomic E-state index is 12.4. The highest BCUT2D eigenvalue weighted by molar-refractivity contribution is 5.96. The van der Waals surface area contributed by atoms with Crippen LogP contribution in [0.1, 0.15) is 32.3 Å². The van der Waals surface area contributed by atoms with Gasteiger partial charge in [0.15, 0.2) is 0 Å². The van der Waals surface area contributed by atoms with Crippen molar-refractivity contribution in [3.63, 3.8) is 0 Å². The third kappa shape index (κ3) is 4.35. The highest BCUT2D eigenvalue weighted by atomic mass is 16.3. The predicted octanol–water partition coefficient (Wildman–Crippen LogP) is 3.06. The molecule has 0 atom stereocenters. The molecular formula is C22H20N4O3. The van der Waals surface area contributed by atoms with Gasteiger partial charge >= 0.3 is 0 Å². The standard InChI is InChI=1S/C22H20N4O3/c27-21(23-11-10-15-13-24-18-7-2-1-6-17(15)18)19-8-3-9-20(26-19)22(28)25-14-16-5-4-12-29-16/h1-9,12-13,24H,10-11,14H2,(H,23,27)(H,25,28). The summed E-state index contributed by atoms with van der Waals surface area (Å²) in [5, 5.41) is 6.72. The highest BCUT2D eigenvalue weighted by Crippen LogP contribution is 2.17. The van der Waals surface area contributed by atoms with Crippen LogP contribution in [0.5, 0.6) is 0 Å². The fourth-order valence-electron chi connectivity index (χ4n) is 3.10. The SMILES string of the molecule is O=C(NCCc1c[nH]c2ccccc12)c1cccc(C(=O)NCc2ccco2)n1. The first-order valence-electron chi connectivity index (χ1n) is 9.31. The largest absolute Gasteiger partial charge is 0.467 e. The molecule has 3 N–H and O–H groups in total. The Morgan fingerprint density at radius 2 is 1.72 bits per heavy atom. The molecule has 0 bridgehead atoms. The van der Waals surface area contributed by atoms with Gasteiger partial charge in [0.1, 0.15) is 17.1 Å². The fraction of sp³-hybridized carbons (Fsp3) is 0.136. The van der Waals surface area contributed by atoms with E-state index in [1.165, 1.54) is 0 Å². The summed E-state index contributed by atoms with van der Waals surface area (Å²) in [5.74, 6) is -0.0371. The van der Waals surface area contributed by atoms with Gasteiger partial charge in [-0.05, 0) is 42.3 Å². The summed E-state index contributed by atoms with van der Waals surface area (Å²) in [4.78, 5) is 32.1. The van der Waals surface area contributed by atoms with Crippen molar-refractivity contribution in [3.8, 4) is 0 Å². The number of H-pyrrole nitrogens is 1. The van der Waals surface area contributed by atoms with Crippen molar-refractivity contribution in [3.05, 3.63) is 89.8 Å². The second kappa shape index (κ2) is 8.43. The quantitative estimate of drug-likeness (QED) is 0.453. The van der Waals surface area contributed by atoms with Crippen LogP contribution in [-0.2, 0) is 13.0 Å². The number of amides is 2. The lowest BCUT2D eigenvalue weighted by atomic mass is 10.1. The van der Waals surface area contributed by atoms with Gasteiger partial charge in [-0.25, -0.2) is 4.98 Å². The molecule has 0 saturated carbocycles. The normalized spacial score (nSPS) is 10.8. The monoisotopic (exact) mass is 388 g/mol. The predicted molar refractivity (Wildman–Crippen MR) is 108 cm³/mol. The van der Waals surface area contributed by atoms with Crippen molar-refractivity contribution in [1.29, 1.82) is 0 Å². The number of benzene rings is 1. The van der Waals surface area contributed by atoms with Gasteiger partial charge < -0.3 is 20.0 Å². The molecule has 3 aromatic heterocycles. The summed E-state index contributed by atoms with van der Waals surface area (Å²) in [6.07, 6.45) is 4.19. The van der Waals surface area contributed by atoms with Crippen molar-refractivity contribution in [2.45, 2.75) is 13.0 Å². The summed E-state index contributed by atoms with van der Waals surface area (Å²) in [7, 11) is 0. The first-order chi connectivity index (χ1) is 14.2. The Morgan fingerprint density at radius 3 is 2.52 bits per heavy atom. The lowest BCUT2D eigenvalue weighted by molar-refractivity contribution is 0.0940. The summed E-state index contributed by atoms with van der Waals surface area (Å²) in [5.41, 5.74) is 2.60. The molecule has 0 aliphatic carbocycles. The zero-order valence-electron chi connectivity index (χ0n) is 15.6. The Kier molecular flexibility index (Phi) is 5.38. The van der Waals surface area contributed by atoms with Crippen LogP contribution in [0.3, 0.4) is 0 Å². The Labute approximate surface area is 167 Å². The van der Waals surface area contributed by atoms with E-state index in [2.05, 4.69) is 26.7 Å². The zero-order chi connectivity index (χ0) is 20.1. The Morgan fingerprint density at radius 1 is 0.931 bits per heavy atom. The second-order valence-electron chi connectivity index (χ2n) is 6.54. The van der Waals surface area contributed by atoms with Crippen molar-refractivity contribution < 1.29 is 14.0 Å². The van der Waals surface area contributed by atoms with Crippen LogP contribution >= 0.6 is 0 Å². The van der Waals surface area contributed by atoms with E-state index in [0.717, 1.165) is 16.5 Å². The molecule has 0 saturated heterocycles. The molecule has 0 radical (unpaired) electrons. The molecule has 0 aliphatic heterocycles. The third-order valence-corrected chi connectivity index (χ3v) is 4.57. The number of nitrogens with one attached hydrogen (secondary N) is 3. The van der Waals surface area contributed by atoms with E-state index in [1.54, 1.807) is 36.6 Å². The van der Waals surface area contributed by atoms with Crippen LogP contribution in [0.25, 0.3) is 10.9 Å². The van der Waals surface area contributed by atoms with Crippen molar-refractivity contribution in [2.24, 2.45) is 0 Å². The van der Waals surface area contributed by atoms with Gasteiger partial charge in [0.05, 0.1) is 12.8 Å². The van der Waals surface area contributed by atoms with Crippen LogP contribution < -0.4 is 10.6 Å². The maximum Gasteiger partial charge on any atom is 0.270 e. The summed E-state index contributed by atoms with van der Waals surface area (Å²) < 4.78 is 5.18. The van der Waals surface area contributed by atoms with E-state index in [1.807, 2.05) is 24.4 Å². The van der Waals surface area contributed by atoms with Gasteiger partial charge in [0.2, 0.25) is 0 Å². The first-order valence-corrected chi connectivity index (χ1v) is 9.31. The highest BCUT2D eigenvalue weighted by Gasteiger charge is 2.13. The molecular weight excluding hydrogens is 368 g/mol. The number of hydrogen-bond donors (Lipinski definition) is 3. The van der Waals surface area contributed by atoms with Crippen molar-refractivity contribution >= 4 is 22.7 Å². The van der Waals surface area contributed by atoms with Crippen LogP contribution in [0.2, 0.25) is 0 Å². The number of carbonyl (C=O) groups excluding carboxylic acids is 2. The van der Waals surface area contributed by atoms with Gasteiger partial charge in [-0.3, -0.25) is 9.59 Å². The Balaban J connectivity index is 1.33. The number of para-hydroxylation sites is 1. The van der Waals surface area contributed by atoms with Gasteiger partial charge in [-0.15, -0.1) is 0 Å². The van der Waals surface area contributed by atoms with E-state index < -0.39 is 0 Å². The molecule has 0 unspecified atom stereocenters. The molecule has 0 fully saturated rings. The number of rotatable bonds is 7. The fourth-order valence-corrected chi connectivity index (χ4v) is 3.10. The molecule has 4 aromatic rings. The number of carbonyl (C=O) groups is 2. The minimum Gasteiger partial charge on any atom is -0.467 e. The molecule has 146 valence electrons. The Hall–Kier alpha value is -3.87. The van der Waals surface area contributed by atoms with Gasteiger partial charge in [0.25, 0.3) is 11.8 Å². The minimum atomic E-state index is -0.366. The molecule has 0 aliphatic rings. The summed E-state index contributed by atoms with van der Waals surface area (Å²) >= 11 is 0. The van der Waals surface area contributed by atoms with Gasteiger partial charge in [-0.1, -0.05) is 24.3 Å². The van der Waals surface area contributed by atoms with Gasteiger partial charge in [-0.2, -0.15) is 0 Å². The number of hydrogen-bond acceptors (Lipinski definition) is 4.